The van der Waals surface area contributed by atoms with Crippen molar-refractivity contribution in [1.29, 1.82) is 0 Å². The third-order valence-corrected chi connectivity index (χ3v) is 3.71. The van der Waals surface area contributed by atoms with Crippen LogP contribution in [0.3, 0.4) is 0 Å². The molecule has 0 aliphatic carbocycles. The van der Waals surface area contributed by atoms with Crippen LogP contribution in [0.1, 0.15) is 27.7 Å². The Bertz CT molecular complexity index is 545. The second-order valence-corrected chi connectivity index (χ2v) is 6.53. The molecule has 0 amide bonds. The number of hydrogen-bond acceptors (Lipinski definition) is 2. The summed E-state index contributed by atoms with van der Waals surface area (Å²) in [5.74, 6) is -0.229. The van der Waals surface area contributed by atoms with Gasteiger partial charge in [-0.2, -0.15) is 26.3 Å². The summed E-state index contributed by atoms with van der Waals surface area (Å²) in [7, 11) is 0. The second kappa shape index (κ2) is 4.52. The number of aliphatic imine (C=N–C) groups is 1. The molecule has 2 aliphatic rings. The fourth-order valence-electron chi connectivity index (χ4n) is 2.67. The van der Waals surface area contributed by atoms with Crippen LogP contribution in [0.25, 0.3) is 0 Å². The summed E-state index contributed by atoms with van der Waals surface area (Å²) in [6, 6.07) is -1.95. The van der Waals surface area contributed by atoms with Crippen molar-refractivity contribution in [2.24, 2.45) is 10.4 Å². The van der Waals surface area contributed by atoms with Crippen LogP contribution in [0.15, 0.2) is 28.9 Å². The standard InChI is InChI=1S/C14H16F6N2/c1-8-5-6-22-9(7-8)12(13(15,16)17,14(18,19)20)21-10(22)11(2,3)4/h5-7,9H,1-4H3. The van der Waals surface area contributed by atoms with Crippen molar-refractivity contribution in [3.05, 3.63) is 23.9 Å². The molecule has 0 spiro atoms. The number of fused-ring (bicyclic) bond motifs is 1. The van der Waals surface area contributed by atoms with Crippen LogP contribution >= 0.6 is 0 Å². The molecule has 2 heterocycles. The molecule has 0 aromatic heterocycles. The van der Waals surface area contributed by atoms with Gasteiger partial charge in [0, 0.05) is 11.6 Å². The lowest BCUT2D eigenvalue weighted by Gasteiger charge is -2.39. The molecule has 22 heavy (non-hydrogen) atoms. The number of halogens is 6. The van der Waals surface area contributed by atoms with Crippen molar-refractivity contribution in [3.8, 4) is 0 Å². The van der Waals surface area contributed by atoms with Crippen molar-refractivity contribution >= 4 is 5.84 Å². The third-order valence-electron chi connectivity index (χ3n) is 3.71. The maximum atomic E-state index is 13.5. The number of hydrogen-bond donors (Lipinski definition) is 0. The molecule has 2 rings (SSSR count). The lowest BCUT2D eigenvalue weighted by Crippen LogP contribution is -2.63. The van der Waals surface area contributed by atoms with Crippen LogP contribution in [0.5, 0.6) is 0 Å². The van der Waals surface area contributed by atoms with Crippen LogP contribution < -0.4 is 0 Å². The van der Waals surface area contributed by atoms with Gasteiger partial charge in [0.05, 0.1) is 6.04 Å². The van der Waals surface area contributed by atoms with E-state index in [2.05, 4.69) is 4.99 Å². The molecule has 2 nitrogen and oxygen atoms in total. The predicted molar refractivity (Wildman–Crippen MR) is 70.3 cm³/mol. The number of alkyl halides is 6. The zero-order valence-corrected chi connectivity index (χ0v) is 12.5. The van der Waals surface area contributed by atoms with Crippen LogP contribution in [0, 0.1) is 5.41 Å². The molecular formula is C14H16F6N2. The lowest BCUT2D eigenvalue weighted by molar-refractivity contribution is -0.299. The Labute approximate surface area is 124 Å². The molecule has 0 aromatic rings. The first-order valence-electron chi connectivity index (χ1n) is 6.60. The SMILES string of the molecule is CC1=CC2N(C=C1)C(C(C)(C)C)=NC2(C(F)(F)F)C(F)(F)F. The van der Waals surface area contributed by atoms with Crippen LogP contribution in [0.2, 0.25) is 0 Å². The highest BCUT2D eigenvalue weighted by atomic mass is 19.4. The van der Waals surface area contributed by atoms with E-state index in [1.165, 1.54) is 40.0 Å². The van der Waals surface area contributed by atoms with Crippen LogP contribution in [0.4, 0.5) is 26.3 Å². The molecule has 0 saturated carbocycles. The minimum atomic E-state index is -5.55. The van der Waals surface area contributed by atoms with E-state index in [1.807, 2.05) is 0 Å². The number of amidine groups is 1. The van der Waals surface area contributed by atoms with Gasteiger partial charge in [0.2, 0.25) is 0 Å². The first-order chi connectivity index (χ1) is 9.72. The van der Waals surface area contributed by atoms with E-state index in [9.17, 15) is 26.3 Å². The minimum Gasteiger partial charge on any atom is -0.326 e. The maximum Gasteiger partial charge on any atom is 0.425 e. The van der Waals surface area contributed by atoms with Gasteiger partial charge in [0.25, 0.3) is 5.54 Å². The summed E-state index contributed by atoms with van der Waals surface area (Å²) >= 11 is 0. The molecule has 8 heteroatoms. The predicted octanol–water partition coefficient (Wildman–Crippen LogP) is 4.45. The first-order valence-corrected chi connectivity index (χ1v) is 6.60. The van der Waals surface area contributed by atoms with E-state index in [0.717, 1.165) is 11.0 Å². The molecule has 0 fully saturated rings. The molecule has 0 bridgehead atoms. The summed E-state index contributed by atoms with van der Waals surface area (Å²) in [5, 5.41) is 0. The maximum absolute atomic E-state index is 13.5. The first kappa shape index (κ1) is 16.9. The molecule has 1 unspecified atom stereocenters. The van der Waals surface area contributed by atoms with Crippen molar-refractivity contribution < 1.29 is 26.3 Å². The number of allylic oxidation sites excluding steroid dienone is 2. The van der Waals surface area contributed by atoms with Gasteiger partial charge < -0.3 is 4.90 Å². The van der Waals surface area contributed by atoms with Gasteiger partial charge in [-0.3, -0.25) is 0 Å². The highest BCUT2D eigenvalue weighted by Crippen LogP contribution is 2.54. The van der Waals surface area contributed by atoms with E-state index >= 15 is 0 Å². The van der Waals surface area contributed by atoms with Crippen molar-refractivity contribution in [2.45, 2.75) is 51.6 Å². The molecule has 0 aromatic carbocycles. The summed E-state index contributed by atoms with van der Waals surface area (Å²) in [6.07, 6.45) is -7.42. The molecule has 2 aliphatic heterocycles. The fourth-order valence-corrected chi connectivity index (χ4v) is 2.67. The van der Waals surface area contributed by atoms with Crippen molar-refractivity contribution in [2.75, 3.05) is 0 Å². The largest absolute Gasteiger partial charge is 0.425 e. The van der Waals surface area contributed by atoms with Crippen LogP contribution in [-0.2, 0) is 0 Å². The normalized spacial score (nSPS) is 25.0. The summed E-state index contributed by atoms with van der Waals surface area (Å²) in [4.78, 5) is 4.19. The second-order valence-electron chi connectivity index (χ2n) is 6.53. The van der Waals surface area contributed by atoms with Crippen LogP contribution in [-0.4, -0.2) is 34.7 Å². The highest BCUT2D eigenvalue weighted by Gasteiger charge is 2.78. The zero-order valence-electron chi connectivity index (χ0n) is 12.5. The summed E-state index contributed by atoms with van der Waals surface area (Å²) in [6.45, 7) is 6.06. The van der Waals surface area contributed by atoms with E-state index in [1.54, 1.807) is 0 Å². The Morgan fingerprint density at radius 3 is 1.95 bits per heavy atom. The van der Waals surface area contributed by atoms with Gasteiger partial charge in [0.1, 0.15) is 5.84 Å². The Morgan fingerprint density at radius 1 is 1.05 bits per heavy atom. The summed E-state index contributed by atoms with van der Waals surface area (Å²) in [5.41, 5.74) is -4.77. The number of nitrogens with zero attached hydrogens (tertiary/aromatic N) is 2. The van der Waals surface area contributed by atoms with Crippen molar-refractivity contribution in [3.63, 3.8) is 0 Å². The topological polar surface area (TPSA) is 15.6 Å². The van der Waals surface area contributed by atoms with E-state index in [4.69, 9.17) is 0 Å². The smallest absolute Gasteiger partial charge is 0.326 e. The molecule has 124 valence electrons. The number of rotatable bonds is 0. The average molecular weight is 326 g/mol. The quantitative estimate of drug-likeness (QED) is 0.601. The van der Waals surface area contributed by atoms with Gasteiger partial charge in [-0.1, -0.05) is 32.4 Å². The summed E-state index contributed by atoms with van der Waals surface area (Å²) < 4.78 is 80.8. The van der Waals surface area contributed by atoms with Gasteiger partial charge >= 0.3 is 12.4 Å². The molecular weight excluding hydrogens is 310 g/mol. The third kappa shape index (κ3) is 2.23. The monoisotopic (exact) mass is 326 g/mol. The van der Waals surface area contributed by atoms with Gasteiger partial charge in [0.15, 0.2) is 0 Å². The van der Waals surface area contributed by atoms with Gasteiger partial charge in [-0.25, -0.2) is 4.99 Å². The molecule has 0 saturated heterocycles. The van der Waals surface area contributed by atoms with E-state index in [0.29, 0.717) is 5.57 Å². The Balaban J connectivity index is 2.76. The molecule has 1 atom stereocenters. The Morgan fingerprint density at radius 2 is 1.55 bits per heavy atom. The molecule has 0 N–H and O–H groups in total. The van der Waals surface area contributed by atoms with E-state index < -0.39 is 29.3 Å². The van der Waals surface area contributed by atoms with E-state index in [-0.39, 0.29) is 5.84 Å². The average Bonchev–Trinajstić information content (AvgIpc) is 2.62. The van der Waals surface area contributed by atoms with Gasteiger partial charge in [-0.15, -0.1) is 0 Å². The lowest BCUT2D eigenvalue weighted by atomic mass is 9.86. The zero-order chi connectivity index (χ0) is 17.1. The van der Waals surface area contributed by atoms with Crippen molar-refractivity contribution in [1.82, 2.24) is 4.90 Å². The van der Waals surface area contributed by atoms with Gasteiger partial charge in [-0.05, 0) is 13.0 Å². The minimum absolute atomic E-state index is 0.229. The Kier molecular flexibility index (Phi) is 3.47. The molecule has 0 radical (unpaired) electrons. The Hall–Kier alpha value is -1.47. The fraction of sp³-hybridized carbons (Fsp3) is 0.643. The highest BCUT2D eigenvalue weighted by molar-refractivity contribution is 5.91.